The minimum atomic E-state index is 0. The Kier molecular flexibility index (Phi) is 1050. The Morgan fingerprint density at radius 2 is 0.571 bits per heavy atom. The van der Waals surface area contributed by atoms with Crippen LogP contribution in [0.3, 0.4) is 0 Å². The summed E-state index contributed by atoms with van der Waals surface area (Å²) in [6.45, 7) is 0. The second-order valence-electron chi connectivity index (χ2n) is 0. The molecular weight excluding hydrogens is 301 g/mol. The number of hydrogen-bond acceptors (Lipinski definition) is 4. The quantitative estimate of drug-likeness (QED) is 0.528. The van der Waals surface area contributed by atoms with Crippen molar-refractivity contribution in [1.29, 1.82) is 0 Å². The van der Waals surface area contributed by atoms with Crippen LogP contribution in [0.5, 0.6) is 0 Å². The molecule has 7 heavy (non-hydrogen) atoms. The fraction of sp³-hybridized carbons (Fsp3) is 0. The minimum absolute atomic E-state index is 0. The number of hydrogen-bond donors (Lipinski definition) is 0. The average Bonchev–Trinajstić information content (AvgIpc) is 0. The standard InChI is InChI=1S/Ba.Cr.4H2O.Ti/h;;4*1H2;/q2*+2;;;;;/p-4. The minimum Gasteiger partial charge on any atom is -0.870 e. The van der Waals surface area contributed by atoms with Gasteiger partial charge >= 0.3 is 66.2 Å². The molecule has 0 rings (SSSR count). The predicted molar refractivity (Wildman–Crippen MR) is 13.5 cm³/mol. The summed E-state index contributed by atoms with van der Waals surface area (Å²) >= 11 is 0. The first-order chi connectivity index (χ1) is 0. The van der Waals surface area contributed by atoms with Crippen molar-refractivity contribution in [3.8, 4) is 0 Å². The summed E-state index contributed by atoms with van der Waals surface area (Å²) < 4.78 is 0. The van der Waals surface area contributed by atoms with Gasteiger partial charge in [0, 0.05) is 21.7 Å². The van der Waals surface area contributed by atoms with Crippen molar-refractivity contribution in [2.24, 2.45) is 0 Å². The van der Waals surface area contributed by atoms with Crippen LogP contribution >= 0.6 is 0 Å². The van der Waals surface area contributed by atoms with Crippen LogP contribution in [0.2, 0.25) is 0 Å². The van der Waals surface area contributed by atoms with Crippen molar-refractivity contribution in [2.75, 3.05) is 0 Å². The van der Waals surface area contributed by atoms with E-state index in [0.717, 1.165) is 0 Å². The summed E-state index contributed by atoms with van der Waals surface area (Å²) in [4.78, 5) is 0. The molecule has 4 nitrogen and oxygen atoms in total. The molecule has 0 spiro atoms. The maximum Gasteiger partial charge on any atom is 2.00 e. The summed E-state index contributed by atoms with van der Waals surface area (Å²) in [7, 11) is 0. The van der Waals surface area contributed by atoms with Crippen LogP contribution in [0, 0.1) is 0 Å². The van der Waals surface area contributed by atoms with Gasteiger partial charge in [-0.1, -0.05) is 0 Å². The van der Waals surface area contributed by atoms with E-state index in [1.807, 2.05) is 0 Å². The van der Waals surface area contributed by atoms with Crippen molar-refractivity contribution in [3.05, 3.63) is 0 Å². The van der Waals surface area contributed by atoms with Crippen LogP contribution in [0.4, 0.5) is 0 Å². The molecule has 4 N–H and O–H groups in total. The molecule has 0 saturated heterocycles. The van der Waals surface area contributed by atoms with Gasteiger partial charge in [0.2, 0.25) is 0 Å². The first kappa shape index (κ1) is 102. The molecule has 0 aromatic heterocycles. The SMILES string of the molecule is [Ba+2].[Cr+2].[OH-].[OH-].[OH-].[OH-].[Ti]. The van der Waals surface area contributed by atoms with Crippen LogP contribution in [-0.2, 0) is 39.1 Å². The Morgan fingerprint density at radius 3 is 0.571 bits per heavy atom. The zero-order valence-corrected chi connectivity index (χ0v) is 10.7. The van der Waals surface area contributed by atoms with E-state index in [9.17, 15) is 0 Å². The van der Waals surface area contributed by atoms with Gasteiger partial charge in [-0.15, -0.1) is 0 Å². The third-order valence-electron chi connectivity index (χ3n) is 0. The largest absolute Gasteiger partial charge is 2.00 e. The summed E-state index contributed by atoms with van der Waals surface area (Å²) in [6.07, 6.45) is 0. The van der Waals surface area contributed by atoms with Gasteiger partial charge in [0.05, 0.1) is 0 Å². The molecule has 0 bridgehead atoms. The molecule has 0 aromatic rings. The fourth-order valence-corrected chi connectivity index (χ4v) is 0. The van der Waals surface area contributed by atoms with Crippen LogP contribution < -0.4 is 0 Å². The third kappa shape index (κ3) is 54.3. The zero-order chi connectivity index (χ0) is 0. The molecule has 0 heterocycles. The maximum atomic E-state index is 0. The van der Waals surface area contributed by atoms with Gasteiger partial charge < -0.3 is 21.9 Å². The van der Waals surface area contributed by atoms with E-state index in [1.165, 1.54) is 0 Å². The van der Waals surface area contributed by atoms with Gasteiger partial charge in [-0.25, -0.2) is 0 Å². The Morgan fingerprint density at radius 1 is 0.571 bits per heavy atom. The van der Waals surface area contributed by atoms with Crippen molar-refractivity contribution >= 4 is 48.9 Å². The van der Waals surface area contributed by atoms with E-state index < -0.39 is 0 Å². The van der Waals surface area contributed by atoms with Gasteiger partial charge in [0.1, 0.15) is 0 Å². The Bertz CT molecular complexity index is 11.7. The van der Waals surface area contributed by atoms with Gasteiger partial charge in [0.15, 0.2) is 0 Å². The van der Waals surface area contributed by atoms with E-state index in [0.29, 0.717) is 0 Å². The average molecular weight is 305 g/mol. The molecule has 0 aromatic carbocycles. The van der Waals surface area contributed by atoms with E-state index in [4.69, 9.17) is 0 Å². The zero-order valence-electron chi connectivity index (χ0n) is 3.40. The van der Waals surface area contributed by atoms with Crippen LogP contribution in [0.15, 0.2) is 0 Å². The second-order valence-corrected chi connectivity index (χ2v) is 0. The molecule has 0 amide bonds. The molecule has 0 aliphatic carbocycles. The second kappa shape index (κ2) is 71.9. The molecule has 0 unspecified atom stereocenters. The molecule has 0 radical (unpaired) electrons. The van der Waals surface area contributed by atoms with Crippen molar-refractivity contribution in [1.82, 2.24) is 0 Å². The van der Waals surface area contributed by atoms with Crippen molar-refractivity contribution in [3.63, 3.8) is 0 Å². The van der Waals surface area contributed by atoms with Crippen LogP contribution in [0.1, 0.15) is 0 Å². The normalized spacial score (nSPS) is 0. The molecule has 0 atom stereocenters. The Labute approximate surface area is 108 Å². The van der Waals surface area contributed by atoms with Crippen molar-refractivity contribution < 1.29 is 61.0 Å². The van der Waals surface area contributed by atoms with E-state index >= 15 is 0 Å². The van der Waals surface area contributed by atoms with Gasteiger partial charge in [0.25, 0.3) is 0 Å². The predicted octanol–water partition coefficient (Wildman–Crippen LogP) is -1.09. The Balaban J connectivity index is 0. The van der Waals surface area contributed by atoms with E-state index in [1.54, 1.807) is 0 Å². The Hall–Kier alpha value is 2.66. The monoisotopic (exact) mass is 306 g/mol. The third-order valence-corrected chi connectivity index (χ3v) is 0. The van der Waals surface area contributed by atoms with Crippen LogP contribution in [-0.4, -0.2) is 70.8 Å². The smallest absolute Gasteiger partial charge is 0.870 e. The molecular formula is H4BaCrO4Ti. The van der Waals surface area contributed by atoms with Gasteiger partial charge in [-0.3, -0.25) is 0 Å². The topological polar surface area (TPSA) is 120 Å². The first-order valence-electron chi connectivity index (χ1n) is 0. The molecule has 0 fully saturated rings. The van der Waals surface area contributed by atoms with Crippen LogP contribution in [0.25, 0.3) is 0 Å². The van der Waals surface area contributed by atoms with E-state index in [2.05, 4.69) is 0 Å². The summed E-state index contributed by atoms with van der Waals surface area (Å²) in [5.74, 6) is 0. The molecule has 0 aliphatic rings. The fourth-order valence-electron chi connectivity index (χ4n) is 0. The summed E-state index contributed by atoms with van der Waals surface area (Å²) in [5, 5.41) is 0. The molecule has 0 saturated carbocycles. The molecule has 7 heteroatoms. The number of rotatable bonds is 0. The molecule has 40 valence electrons. The van der Waals surface area contributed by atoms with Gasteiger partial charge in [-0.2, -0.15) is 0 Å². The van der Waals surface area contributed by atoms with E-state index in [-0.39, 0.29) is 110 Å². The molecule has 0 aliphatic heterocycles. The maximum absolute atomic E-state index is 0. The van der Waals surface area contributed by atoms with Gasteiger partial charge in [-0.05, 0) is 0 Å². The summed E-state index contributed by atoms with van der Waals surface area (Å²) in [6, 6.07) is 0. The first-order valence-corrected chi connectivity index (χ1v) is 0. The summed E-state index contributed by atoms with van der Waals surface area (Å²) in [5.41, 5.74) is 0. The van der Waals surface area contributed by atoms with Crippen molar-refractivity contribution in [2.45, 2.75) is 0 Å².